The molecule has 0 atom stereocenters. The molecule has 9 nitrogen and oxygen atoms in total. The van der Waals surface area contributed by atoms with Gasteiger partial charge in [-0.05, 0) is 61.4 Å². The quantitative estimate of drug-likeness (QED) is 0.349. The van der Waals surface area contributed by atoms with Crippen LogP contribution in [0.15, 0.2) is 81.0 Å². The zero-order chi connectivity index (χ0) is 27.7. The predicted octanol–water partition coefficient (Wildman–Crippen LogP) is 4.53. The summed E-state index contributed by atoms with van der Waals surface area (Å²) in [6, 6.07) is 18.2. The summed E-state index contributed by atoms with van der Waals surface area (Å²) >= 11 is 1.37. The van der Waals surface area contributed by atoms with E-state index < -0.39 is 10.0 Å². The van der Waals surface area contributed by atoms with Crippen LogP contribution in [0.1, 0.15) is 16.7 Å². The average molecular weight is 562 g/mol. The van der Waals surface area contributed by atoms with Gasteiger partial charge in [-0.3, -0.25) is 4.79 Å². The van der Waals surface area contributed by atoms with Gasteiger partial charge in [0, 0.05) is 25.0 Å². The van der Waals surface area contributed by atoms with Crippen molar-refractivity contribution < 1.29 is 17.9 Å². The Labute approximate surface area is 230 Å². The van der Waals surface area contributed by atoms with Crippen LogP contribution in [0.4, 0.5) is 11.4 Å². The van der Waals surface area contributed by atoms with Gasteiger partial charge in [0.2, 0.25) is 14.8 Å². The van der Waals surface area contributed by atoms with Crippen LogP contribution in [0, 0.1) is 13.8 Å². The van der Waals surface area contributed by atoms with Crippen molar-refractivity contribution >= 4 is 44.9 Å². The molecule has 1 N–H and O–H groups in total. The molecule has 1 aliphatic rings. The van der Waals surface area contributed by atoms with Crippen LogP contribution in [0.3, 0.4) is 0 Å². The number of thiazole rings is 1. The molecule has 3 aromatic carbocycles. The molecule has 0 fully saturated rings. The number of carbonyl (C=O) groups is 1. The number of nitrogens with zero attached hydrogens (tertiary/aromatic N) is 4. The molecular weight excluding hydrogens is 534 g/mol. The van der Waals surface area contributed by atoms with Gasteiger partial charge in [-0.1, -0.05) is 29.8 Å². The van der Waals surface area contributed by atoms with E-state index in [0.29, 0.717) is 21.9 Å². The number of sulfonamides is 1. The number of benzene rings is 3. The van der Waals surface area contributed by atoms with E-state index in [9.17, 15) is 13.2 Å². The molecule has 0 radical (unpaired) electrons. The van der Waals surface area contributed by atoms with Gasteiger partial charge in [0.25, 0.3) is 5.91 Å². The Kier molecular flexibility index (Phi) is 7.21. The highest BCUT2D eigenvalue weighted by Crippen LogP contribution is 2.33. The van der Waals surface area contributed by atoms with E-state index in [2.05, 4.69) is 17.4 Å². The molecule has 0 spiro atoms. The number of fused-ring (bicyclic) bond motifs is 1. The third-order valence-electron chi connectivity index (χ3n) is 6.16. The molecule has 2 heterocycles. The van der Waals surface area contributed by atoms with Crippen molar-refractivity contribution in [3.05, 3.63) is 87.5 Å². The third-order valence-corrected chi connectivity index (χ3v) is 8.79. The van der Waals surface area contributed by atoms with E-state index in [1.807, 2.05) is 43.5 Å². The van der Waals surface area contributed by atoms with Crippen LogP contribution >= 0.6 is 11.3 Å². The van der Waals surface area contributed by atoms with Crippen molar-refractivity contribution in [1.82, 2.24) is 8.98 Å². The van der Waals surface area contributed by atoms with Crippen LogP contribution < -0.4 is 14.9 Å². The Morgan fingerprint density at radius 1 is 1.08 bits per heavy atom. The summed E-state index contributed by atoms with van der Waals surface area (Å²) in [7, 11) is -0.629. The van der Waals surface area contributed by atoms with E-state index >= 15 is 0 Å². The monoisotopic (exact) mass is 561 g/mol. The second-order valence-electron chi connectivity index (χ2n) is 9.26. The molecule has 1 aromatic heterocycles. The first-order valence-electron chi connectivity index (χ1n) is 12.1. The lowest BCUT2D eigenvalue weighted by molar-refractivity contribution is -0.118. The second-order valence-corrected chi connectivity index (χ2v) is 12.3. The molecule has 1 aliphatic heterocycles. The first kappa shape index (κ1) is 26.5. The lowest BCUT2D eigenvalue weighted by Crippen LogP contribution is -2.25. The highest BCUT2D eigenvalue weighted by Gasteiger charge is 2.19. The second kappa shape index (κ2) is 10.6. The summed E-state index contributed by atoms with van der Waals surface area (Å²) in [4.78, 5) is 17.3. The lowest BCUT2D eigenvalue weighted by atomic mass is 10.1. The summed E-state index contributed by atoms with van der Waals surface area (Å²) in [5.74, 6) is 0.386. The normalized spacial score (nSPS) is 14.0. The average Bonchev–Trinajstić information content (AvgIpc) is 3.30. The Hall–Kier alpha value is -4.06. The van der Waals surface area contributed by atoms with E-state index in [-0.39, 0.29) is 17.4 Å². The third kappa shape index (κ3) is 5.56. The van der Waals surface area contributed by atoms with Crippen LogP contribution in [0.25, 0.3) is 11.3 Å². The number of ether oxygens (including phenoxy) is 1. The largest absolute Gasteiger partial charge is 0.482 e. The number of nitrogens with one attached hydrogen (secondary N) is 1. The molecule has 0 aliphatic carbocycles. The maximum atomic E-state index is 12.7. The zero-order valence-corrected chi connectivity index (χ0v) is 23.5. The number of aromatic nitrogens is 1. The van der Waals surface area contributed by atoms with E-state index in [0.717, 1.165) is 27.9 Å². The Morgan fingerprint density at radius 3 is 2.69 bits per heavy atom. The Balaban J connectivity index is 1.65. The standard InChI is InChI=1S/C28H27N5O4S2/c1-18-8-9-19(2)21(12-18)15-29-33-25(20-10-11-26-24(13-20)31-27(34)16-37-26)17-38-28(33)30-22-6-5-7-23(14-22)39(35,36)32(3)4/h5-15,17H,16H2,1-4H3,(H,31,34)/b29-15+,30-28?. The molecule has 39 heavy (non-hydrogen) atoms. The van der Waals surface area contributed by atoms with Gasteiger partial charge in [0.15, 0.2) is 6.61 Å². The molecular formula is C28H27N5O4S2. The molecule has 200 valence electrons. The van der Waals surface area contributed by atoms with Crippen molar-refractivity contribution in [3.8, 4) is 17.0 Å². The molecule has 0 unspecified atom stereocenters. The molecule has 11 heteroatoms. The van der Waals surface area contributed by atoms with Crippen molar-refractivity contribution in [2.45, 2.75) is 18.7 Å². The summed E-state index contributed by atoms with van der Waals surface area (Å²) in [6.07, 6.45) is 1.79. The summed E-state index contributed by atoms with van der Waals surface area (Å²) in [5, 5.41) is 9.57. The maximum absolute atomic E-state index is 12.7. The summed E-state index contributed by atoms with van der Waals surface area (Å²) in [6.45, 7) is 4.03. The first-order chi connectivity index (χ1) is 18.6. The van der Waals surface area contributed by atoms with Crippen molar-refractivity contribution in [3.63, 3.8) is 0 Å². The number of carbonyl (C=O) groups excluding carboxylic acids is 1. The minimum absolute atomic E-state index is 0.0173. The Morgan fingerprint density at radius 2 is 1.90 bits per heavy atom. The number of hydrogen-bond donors (Lipinski definition) is 1. The van der Waals surface area contributed by atoms with Gasteiger partial charge in [-0.2, -0.15) is 5.10 Å². The van der Waals surface area contributed by atoms with Crippen molar-refractivity contribution in [2.24, 2.45) is 10.1 Å². The number of aryl methyl sites for hydroxylation is 2. The topological polar surface area (TPSA) is 105 Å². The lowest BCUT2D eigenvalue weighted by Gasteiger charge is -2.18. The van der Waals surface area contributed by atoms with Crippen LogP contribution in [-0.4, -0.2) is 50.2 Å². The minimum Gasteiger partial charge on any atom is -0.482 e. The first-order valence-corrected chi connectivity index (χ1v) is 14.4. The van der Waals surface area contributed by atoms with E-state index in [4.69, 9.17) is 14.8 Å². The number of rotatable bonds is 6. The van der Waals surface area contributed by atoms with Gasteiger partial charge in [0.1, 0.15) is 5.75 Å². The molecule has 5 rings (SSSR count). The summed E-state index contributed by atoms with van der Waals surface area (Å²) in [5.41, 5.74) is 5.78. The predicted molar refractivity (Wildman–Crippen MR) is 153 cm³/mol. The molecule has 4 aromatic rings. The van der Waals surface area contributed by atoms with Crippen molar-refractivity contribution in [2.75, 3.05) is 26.0 Å². The molecule has 1 amide bonds. The highest BCUT2D eigenvalue weighted by atomic mass is 32.2. The van der Waals surface area contributed by atoms with E-state index in [1.165, 1.54) is 29.7 Å². The SMILES string of the molecule is Cc1ccc(C)c(/C=N/n2c(-c3ccc4c(c3)NC(=O)CO4)csc2=Nc2cccc(S(=O)(=O)N(C)C)c2)c1. The smallest absolute Gasteiger partial charge is 0.262 e. The fraction of sp³-hybridized carbons (Fsp3) is 0.179. The van der Waals surface area contributed by atoms with Crippen LogP contribution in [0.2, 0.25) is 0 Å². The fourth-order valence-electron chi connectivity index (χ4n) is 3.98. The van der Waals surface area contributed by atoms with Crippen LogP contribution in [0.5, 0.6) is 5.75 Å². The van der Waals surface area contributed by atoms with Gasteiger partial charge in [-0.15, -0.1) is 11.3 Å². The number of anilines is 1. The molecule has 0 saturated heterocycles. The maximum Gasteiger partial charge on any atom is 0.262 e. The van der Waals surface area contributed by atoms with Gasteiger partial charge < -0.3 is 10.1 Å². The van der Waals surface area contributed by atoms with E-state index in [1.54, 1.807) is 35.2 Å². The minimum atomic E-state index is -3.61. The molecule has 0 saturated carbocycles. The van der Waals surface area contributed by atoms with Gasteiger partial charge >= 0.3 is 0 Å². The highest BCUT2D eigenvalue weighted by molar-refractivity contribution is 7.89. The Bertz CT molecular complexity index is 1790. The summed E-state index contributed by atoms with van der Waals surface area (Å²) < 4.78 is 33.7. The number of amides is 1. The van der Waals surface area contributed by atoms with Gasteiger partial charge in [0.05, 0.1) is 28.2 Å². The number of hydrogen-bond acceptors (Lipinski definition) is 7. The van der Waals surface area contributed by atoms with Gasteiger partial charge in [-0.25, -0.2) is 22.4 Å². The van der Waals surface area contributed by atoms with Crippen molar-refractivity contribution in [1.29, 1.82) is 0 Å². The molecule has 0 bridgehead atoms. The fourth-order valence-corrected chi connectivity index (χ4v) is 5.78. The van der Waals surface area contributed by atoms with Crippen LogP contribution in [-0.2, 0) is 14.8 Å². The zero-order valence-electron chi connectivity index (χ0n) is 21.9.